The molecule has 3 fully saturated rings. The van der Waals surface area contributed by atoms with E-state index in [0.717, 1.165) is 30.2 Å². The van der Waals surface area contributed by atoms with Crippen LogP contribution in [0.2, 0.25) is 0 Å². The summed E-state index contributed by atoms with van der Waals surface area (Å²) in [5, 5.41) is 15.8. The number of aliphatic imine (C=N–C) groups is 1. The predicted octanol–water partition coefficient (Wildman–Crippen LogP) is 1.73. The van der Waals surface area contributed by atoms with Crippen molar-refractivity contribution >= 4 is 5.96 Å². The van der Waals surface area contributed by atoms with Gasteiger partial charge in [0.2, 0.25) is 0 Å². The highest BCUT2D eigenvalue weighted by Crippen LogP contribution is 2.33. The maximum absolute atomic E-state index is 4.86. The van der Waals surface area contributed by atoms with Crippen molar-refractivity contribution in [2.24, 2.45) is 12.0 Å². The number of nitrogens with one attached hydrogen (secondary N) is 2. The van der Waals surface area contributed by atoms with Gasteiger partial charge in [0.15, 0.2) is 11.8 Å². The molecule has 7 nitrogen and oxygen atoms in total. The molecule has 1 aromatic rings. The molecule has 3 aliphatic rings. The quantitative estimate of drug-likeness (QED) is 0.619. The fraction of sp³-hybridized carbons (Fsp3) is 0.842. The van der Waals surface area contributed by atoms with E-state index in [1.165, 1.54) is 44.9 Å². The Labute approximate surface area is 156 Å². The van der Waals surface area contributed by atoms with E-state index < -0.39 is 0 Å². The first kappa shape index (κ1) is 17.8. The minimum Gasteiger partial charge on any atom is -0.354 e. The van der Waals surface area contributed by atoms with Crippen molar-refractivity contribution in [2.75, 3.05) is 6.54 Å². The lowest BCUT2D eigenvalue weighted by Gasteiger charge is -2.22. The molecule has 1 aromatic heterocycles. The van der Waals surface area contributed by atoms with E-state index in [0.29, 0.717) is 24.7 Å². The molecule has 2 saturated carbocycles. The molecule has 2 N–H and O–H groups in total. The molecule has 144 valence electrons. The van der Waals surface area contributed by atoms with Crippen LogP contribution in [0.3, 0.4) is 0 Å². The molecule has 1 aliphatic heterocycles. The summed E-state index contributed by atoms with van der Waals surface area (Å²) in [5.74, 6) is 2.79. The van der Waals surface area contributed by atoms with Crippen LogP contribution < -0.4 is 10.6 Å². The third-order valence-electron chi connectivity index (χ3n) is 6.24. The molecule has 2 aliphatic carbocycles. The predicted molar refractivity (Wildman–Crippen MR) is 103 cm³/mol. The Hall–Kier alpha value is -1.63. The second kappa shape index (κ2) is 7.55. The maximum Gasteiger partial charge on any atom is 0.192 e. The molecule has 0 aromatic carbocycles. The van der Waals surface area contributed by atoms with Crippen molar-refractivity contribution in [1.29, 1.82) is 0 Å². The third kappa shape index (κ3) is 4.03. The van der Waals surface area contributed by atoms with Crippen LogP contribution in [0.1, 0.15) is 63.5 Å². The number of likely N-dealkylation sites (tertiary alicyclic amines) is 1. The van der Waals surface area contributed by atoms with Gasteiger partial charge in [-0.2, -0.15) is 0 Å². The zero-order chi connectivity index (χ0) is 18.1. The largest absolute Gasteiger partial charge is 0.354 e. The Bertz CT molecular complexity index is 642. The van der Waals surface area contributed by atoms with Crippen LogP contribution in [0.15, 0.2) is 4.99 Å². The third-order valence-corrected chi connectivity index (χ3v) is 6.24. The lowest BCUT2D eigenvalue weighted by atomic mass is 10.2. The van der Waals surface area contributed by atoms with E-state index in [1.54, 1.807) is 0 Å². The van der Waals surface area contributed by atoms with Gasteiger partial charge in [-0.25, -0.2) is 4.99 Å². The van der Waals surface area contributed by atoms with E-state index in [9.17, 15) is 0 Å². The SMILES string of the molecule is Cc1nnc(CN=C(NC2CCCC2)NC2CC(C)N(C3CC3)C2)n1C. The molecule has 4 rings (SSSR count). The molecule has 0 bridgehead atoms. The number of hydrogen-bond donors (Lipinski definition) is 2. The smallest absolute Gasteiger partial charge is 0.192 e. The number of aromatic nitrogens is 3. The van der Waals surface area contributed by atoms with Crippen molar-refractivity contribution in [3.8, 4) is 0 Å². The lowest BCUT2D eigenvalue weighted by molar-refractivity contribution is 0.256. The number of nitrogens with zero attached hydrogens (tertiary/aromatic N) is 5. The normalized spacial score (nSPS) is 28.0. The molecule has 0 amide bonds. The van der Waals surface area contributed by atoms with Crippen LogP contribution >= 0.6 is 0 Å². The van der Waals surface area contributed by atoms with E-state index >= 15 is 0 Å². The summed E-state index contributed by atoms with van der Waals surface area (Å²) >= 11 is 0. The van der Waals surface area contributed by atoms with Crippen LogP contribution in [-0.2, 0) is 13.6 Å². The van der Waals surface area contributed by atoms with Crippen LogP contribution in [0, 0.1) is 6.92 Å². The van der Waals surface area contributed by atoms with E-state index in [2.05, 4.69) is 32.7 Å². The van der Waals surface area contributed by atoms with Gasteiger partial charge in [-0.3, -0.25) is 4.90 Å². The summed E-state index contributed by atoms with van der Waals surface area (Å²) in [4.78, 5) is 7.54. The first-order chi connectivity index (χ1) is 12.6. The van der Waals surface area contributed by atoms with Gasteiger partial charge in [-0.15, -0.1) is 10.2 Å². The zero-order valence-corrected chi connectivity index (χ0v) is 16.4. The summed E-state index contributed by atoms with van der Waals surface area (Å²) in [6.45, 7) is 6.04. The molecule has 0 radical (unpaired) electrons. The number of rotatable bonds is 5. The van der Waals surface area contributed by atoms with Crippen LogP contribution in [0.25, 0.3) is 0 Å². The molecule has 26 heavy (non-hydrogen) atoms. The van der Waals surface area contributed by atoms with Gasteiger partial charge in [-0.05, 0) is 46.0 Å². The molecule has 2 unspecified atom stereocenters. The summed E-state index contributed by atoms with van der Waals surface area (Å²) < 4.78 is 2.02. The maximum atomic E-state index is 4.86. The Morgan fingerprint density at radius 3 is 2.50 bits per heavy atom. The Morgan fingerprint density at radius 1 is 1.12 bits per heavy atom. The highest BCUT2D eigenvalue weighted by Gasteiger charge is 2.39. The Kier molecular flexibility index (Phi) is 5.16. The molecular weight excluding hydrogens is 326 g/mol. The number of guanidine groups is 1. The standard InChI is InChI=1S/C19H33N7/c1-13-10-16(12-26(13)17-8-9-17)22-19(21-15-6-4-5-7-15)20-11-18-24-23-14(2)25(18)3/h13,15-17H,4-12H2,1-3H3,(H2,20,21,22). The van der Waals surface area contributed by atoms with Crippen molar-refractivity contribution in [3.05, 3.63) is 11.6 Å². The molecule has 2 atom stereocenters. The lowest BCUT2D eigenvalue weighted by Crippen LogP contribution is -2.47. The second-order valence-corrected chi connectivity index (χ2v) is 8.37. The van der Waals surface area contributed by atoms with Crippen molar-refractivity contribution in [2.45, 2.75) is 89.5 Å². The van der Waals surface area contributed by atoms with E-state index in [4.69, 9.17) is 4.99 Å². The minimum atomic E-state index is 0.486. The highest BCUT2D eigenvalue weighted by molar-refractivity contribution is 5.80. The van der Waals surface area contributed by atoms with E-state index in [-0.39, 0.29) is 0 Å². The van der Waals surface area contributed by atoms with Crippen LogP contribution in [-0.4, -0.2) is 56.3 Å². The number of hydrogen-bond acceptors (Lipinski definition) is 4. The molecule has 2 heterocycles. The highest BCUT2D eigenvalue weighted by atomic mass is 15.3. The van der Waals surface area contributed by atoms with Gasteiger partial charge in [0.25, 0.3) is 0 Å². The van der Waals surface area contributed by atoms with Crippen molar-refractivity contribution in [1.82, 2.24) is 30.3 Å². The number of aryl methyl sites for hydroxylation is 1. The summed E-state index contributed by atoms with van der Waals surface area (Å²) in [5.41, 5.74) is 0. The molecule has 1 saturated heterocycles. The van der Waals surface area contributed by atoms with Gasteiger partial charge < -0.3 is 15.2 Å². The van der Waals surface area contributed by atoms with Crippen molar-refractivity contribution in [3.63, 3.8) is 0 Å². The van der Waals surface area contributed by atoms with Crippen LogP contribution in [0.5, 0.6) is 0 Å². The fourth-order valence-corrected chi connectivity index (χ4v) is 4.40. The second-order valence-electron chi connectivity index (χ2n) is 8.37. The van der Waals surface area contributed by atoms with Crippen LogP contribution in [0.4, 0.5) is 0 Å². The topological polar surface area (TPSA) is 70.4 Å². The average molecular weight is 360 g/mol. The van der Waals surface area contributed by atoms with Gasteiger partial charge in [0.1, 0.15) is 12.4 Å². The van der Waals surface area contributed by atoms with Gasteiger partial charge in [-0.1, -0.05) is 12.8 Å². The summed E-state index contributed by atoms with van der Waals surface area (Å²) in [6.07, 6.45) is 9.10. The van der Waals surface area contributed by atoms with Gasteiger partial charge in [0, 0.05) is 37.8 Å². The first-order valence-electron chi connectivity index (χ1n) is 10.3. The molecular formula is C19H33N7. The summed E-state index contributed by atoms with van der Waals surface area (Å²) in [7, 11) is 2.00. The monoisotopic (exact) mass is 359 g/mol. The minimum absolute atomic E-state index is 0.486. The average Bonchev–Trinajstić information content (AvgIpc) is 3.06. The Morgan fingerprint density at radius 2 is 1.85 bits per heavy atom. The van der Waals surface area contributed by atoms with E-state index in [1.807, 2.05) is 18.5 Å². The molecule has 7 heteroatoms. The fourth-order valence-electron chi connectivity index (χ4n) is 4.40. The molecule has 0 spiro atoms. The van der Waals surface area contributed by atoms with Crippen molar-refractivity contribution < 1.29 is 0 Å². The summed E-state index contributed by atoms with van der Waals surface area (Å²) in [6, 6.07) is 2.55. The first-order valence-corrected chi connectivity index (χ1v) is 10.3. The Balaban J connectivity index is 1.41. The zero-order valence-electron chi connectivity index (χ0n) is 16.4. The van der Waals surface area contributed by atoms with Gasteiger partial charge >= 0.3 is 0 Å². The van der Waals surface area contributed by atoms with Gasteiger partial charge in [0.05, 0.1) is 0 Å².